The molecule has 2 nitrogen and oxygen atoms in total. The van der Waals surface area contributed by atoms with Crippen LogP contribution in [0.3, 0.4) is 0 Å². The highest BCUT2D eigenvalue weighted by Gasteiger charge is 2.24. The molecule has 5 aromatic carbocycles. The van der Waals surface area contributed by atoms with Gasteiger partial charge in [-0.2, -0.15) is 0 Å². The summed E-state index contributed by atoms with van der Waals surface area (Å²) in [5.74, 6) is 1.38. The highest BCUT2D eigenvalue weighted by atomic mass is 79.9. The van der Waals surface area contributed by atoms with Gasteiger partial charge in [0, 0.05) is 9.50 Å². The van der Waals surface area contributed by atoms with Crippen molar-refractivity contribution in [3.63, 3.8) is 0 Å². The number of hydrogen-bond acceptors (Lipinski definition) is 2. The van der Waals surface area contributed by atoms with Gasteiger partial charge in [0.25, 0.3) is 0 Å². The van der Waals surface area contributed by atoms with E-state index in [2.05, 4.69) is 148 Å². The van der Waals surface area contributed by atoms with Gasteiger partial charge >= 0.3 is 0 Å². The Morgan fingerprint density at radius 3 is 1.33 bits per heavy atom. The molecule has 316 valence electrons. The summed E-state index contributed by atoms with van der Waals surface area (Å²) in [5, 5.41) is 19.3. The zero-order valence-electron chi connectivity index (χ0n) is 38.0. The lowest BCUT2D eigenvalue weighted by molar-refractivity contribution is 0.447. The van der Waals surface area contributed by atoms with E-state index in [0.717, 1.165) is 27.1 Å². The Kier molecular flexibility index (Phi) is 18.4. The van der Waals surface area contributed by atoms with Gasteiger partial charge in [-0.3, -0.25) is 0 Å². The van der Waals surface area contributed by atoms with Crippen LogP contribution in [-0.2, 0) is 27.1 Å². The van der Waals surface area contributed by atoms with Crippen molar-refractivity contribution in [2.24, 2.45) is 0 Å². The molecular formula is C53H71BrClFO2. The molecule has 0 atom stereocenters. The molecule has 6 rings (SSSR count). The second kappa shape index (κ2) is 21.1. The molecule has 1 aliphatic rings. The predicted octanol–water partition coefficient (Wildman–Crippen LogP) is 16.8. The standard InChI is InChI=1S/C13H18.C10H13Br.C10H12ClF.2C10H14O/c1-13(2,3)12-8-6-11(7-9-12)10-4-5-10;1-10(2,3)8-4-6-9(11)7-5-8;1-10(2,3)8-6-7(12)4-5-9(8)11;1-10(2,3)8-5-4-6-9(11)7-8;1-10(2,3)8-6-4-5-7-9(8)11/h6-10H,4-5H2,1-3H3;4-7H,1-3H3;4-6H,1-3H3;2*4-7,11H,1-3H3. The van der Waals surface area contributed by atoms with Crippen LogP contribution >= 0.6 is 27.5 Å². The predicted molar refractivity (Wildman–Crippen MR) is 254 cm³/mol. The molecule has 0 aromatic heterocycles. The number of phenols is 2. The third-order valence-corrected chi connectivity index (χ3v) is 10.6. The lowest BCUT2D eigenvalue weighted by Crippen LogP contribution is -2.11. The molecule has 1 saturated carbocycles. The fourth-order valence-corrected chi connectivity index (χ4v) is 6.44. The second-order valence-electron chi connectivity index (χ2n) is 20.3. The van der Waals surface area contributed by atoms with Gasteiger partial charge in [0.15, 0.2) is 0 Å². The minimum Gasteiger partial charge on any atom is -0.508 e. The molecule has 0 unspecified atom stereocenters. The van der Waals surface area contributed by atoms with Crippen LogP contribution in [0.1, 0.15) is 156 Å². The summed E-state index contributed by atoms with van der Waals surface area (Å²) in [7, 11) is 0. The van der Waals surface area contributed by atoms with E-state index in [1.54, 1.807) is 24.3 Å². The van der Waals surface area contributed by atoms with Crippen molar-refractivity contribution in [3.8, 4) is 11.5 Å². The van der Waals surface area contributed by atoms with E-state index in [1.165, 1.54) is 41.7 Å². The normalized spacial score (nSPS) is 12.9. The summed E-state index contributed by atoms with van der Waals surface area (Å²) >= 11 is 9.33. The second-order valence-corrected chi connectivity index (χ2v) is 21.7. The molecule has 0 amide bonds. The van der Waals surface area contributed by atoms with Crippen molar-refractivity contribution in [2.75, 3.05) is 0 Å². The fourth-order valence-electron chi connectivity index (χ4n) is 5.77. The summed E-state index contributed by atoms with van der Waals surface area (Å²) in [6, 6.07) is 37.0. The van der Waals surface area contributed by atoms with Gasteiger partial charge in [-0.25, -0.2) is 4.39 Å². The molecule has 58 heavy (non-hydrogen) atoms. The van der Waals surface area contributed by atoms with Gasteiger partial charge < -0.3 is 10.2 Å². The maximum absolute atomic E-state index is 12.8. The molecule has 0 bridgehead atoms. The zero-order valence-corrected chi connectivity index (χ0v) is 40.3. The lowest BCUT2D eigenvalue weighted by Gasteiger charge is -2.20. The van der Waals surface area contributed by atoms with Crippen LogP contribution in [0.2, 0.25) is 5.02 Å². The summed E-state index contributed by atoms with van der Waals surface area (Å²) in [6.07, 6.45) is 2.80. The Morgan fingerprint density at radius 1 is 0.500 bits per heavy atom. The SMILES string of the molecule is CC(C)(C)c1cc(F)ccc1Cl.CC(C)(C)c1ccc(Br)cc1.CC(C)(C)c1ccc(C2CC2)cc1.CC(C)(C)c1cccc(O)c1.CC(C)(C)c1ccccc1O. The first-order valence-corrected chi connectivity index (χ1v) is 21.6. The first-order valence-electron chi connectivity index (χ1n) is 20.4. The Balaban J connectivity index is 0.000000251. The van der Waals surface area contributed by atoms with Gasteiger partial charge in [0.2, 0.25) is 0 Å². The van der Waals surface area contributed by atoms with Crippen LogP contribution in [0, 0.1) is 5.82 Å². The third-order valence-electron chi connectivity index (χ3n) is 9.70. The monoisotopic (exact) mass is 872 g/mol. The summed E-state index contributed by atoms with van der Waals surface area (Å²) in [5.41, 5.74) is 7.98. The van der Waals surface area contributed by atoms with Gasteiger partial charge in [-0.15, -0.1) is 0 Å². The number of phenolic OH excluding ortho intramolecular Hbond substituents is 2. The lowest BCUT2D eigenvalue weighted by atomic mass is 9.86. The number of benzene rings is 5. The van der Waals surface area contributed by atoms with Gasteiger partial charge in [0.1, 0.15) is 17.3 Å². The van der Waals surface area contributed by atoms with Gasteiger partial charge in [-0.1, -0.05) is 198 Å². The van der Waals surface area contributed by atoms with E-state index in [4.69, 9.17) is 11.6 Å². The average molecular weight is 875 g/mol. The third kappa shape index (κ3) is 18.1. The Bertz CT molecular complexity index is 1980. The molecular weight excluding hydrogens is 803 g/mol. The number of para-hydroxylation sites is 1. The van der Waals surface area contributed by atoms with Crippen molar-refractivity contribution in [1.29, 1.82) is 0 Å². The highest BCUT2D eigenvalue weighted by Crippen LogP contribution is 2.40. The summed E-state index contributed by atoms with van der Waals surface area (Å²) < 4.78 is 14.0. The van der Waals surface area contributed by atoms with E-state index in [-0.39, 0.29) is 27.5 Å². The zero-order chi connectivity index (χ0) is 44.3. The highest BCUT2D eigenvalue weighted by molar-refractivity contribution is 9.10. The van der Waals surface area contributed by atoms with Crippen LogP contribution in [0.5, 0.6) is 11.5 Å². The van der Waals surface area contributed by atoms with Crippen molar-refractivity contribution in [1.82, 2.24) is 0 Å². The van der Waals surface area contributed by atoms with Crippen molar-refractivity contribution >= 4 is 27.5 Å². The van der Waals surface area contributed by atoms with E-state index in [9.17, 15) is 14.6 Å². The Morgan fingerprint density at radius 2 is 0.966 bits per heavy atom. The molecule has 1 fully saturated rings. The van der Waals surface area contributed by atoms with Crippen molar-refractivity contribution < 1.29 is 14.6 Å². The molecule has 1 aliphatic carbocycles. The number of halogens is 3. The first kappa shape index (κ1) is 50.5. The van der Waals surface area contributed by atoms with E-state index in [0.29, 0.717) is 21.9 Å². The van der Waals surface area contributed by atoms with E-state index in [1.807, 2.05) is 51.1 Å². The quantitative estimate of drug-likeness (QED) is 0.176. The Labute approximate surface area is 365 Å². The fraction of sp³-hybridized carbons (Fsp3) is 0.434. The minimum atomic E-state index is -0.232. The largest absolute Gasteiger partial charge is 0.508 e. The summed E-state index contributed by atoms with van der Waals surface area (Å²) in [6.45, 7) is 32.1. The number of hydrogen-bond donors (Lipinski definition) is 2. The smallest absolute Gasteiger partial charge is 0.123 e. The molecule has 0 heterocycles. The average Bonchev–Trinajstić information content (AvgIpc) is 3.95. The van der Waals surface area contributed by atoms with Crippen molar-refractivity contribution in [3.05, 3.63) is 164 Å². The van der Waals surface area contributed by atoms with Crippen LogP contribution in [0.15, 0.2) is 120 Å². The topological polar surface area (TPSA) is 40.5 Å². The molecule has 0 saturated heterocycles. The molecule has 0 aliphatic heterocycles. The number of aromatic hydroxyl groups is 2. The first-order chi connectivity index (χ1) is 26.5. The molecule has 2 N–H and O–H groups in total. The van der Waals surface area contributed by atoms with Crippen LogP contribution in [0.4, 0.5) is 4.39 Å². The molecule has 0 spiro atoms. The van der Waals surface area contributed by atoms with Crippen LogP contribution in [-0.4, -0.2) is 10.2 Å². The van der Waals surface area contributed by atoms with E-state index < -0.39 is 0 Å². The van der Waals surface area contributed by atoms with E-state index >= 15 is 0 Å². The molecule has 5 aromatic rings. The maximum atomic E-state index is 12.8. The van der Waals surface area contributed by atoms with Crippen molar-refractivity contribution in [2.45, 2.75) is 150 Å². The number of rotatable bonds is 1. The maximum Gasteiger partial charge on any atom is 0.123 e. The molecule has 5 heteroatoms. The molecule has 0 radical (unpaired) electrons. The minimum absolute atomic E-state index is 0.0331. The summed E-state index contributed by atoms with van der Waals surface area (Å²) in [4.78, 5) is 0. The Hall–Kier alpha value is -3.60. The van der Waals surface area contributed by atoms with Gasteiger partial charge in [-0.05, 0) is 128 Å². The van der Waals surface area contributed by atoms with Crippen LogP contribution in [0.25, 0.3) is 0 Å². The van der Waals surface area contributed by atoms with Crippen LogP contribution < -0.4 is 0 Å². The van der Waals surface area contributed by atoms with Gasteiger partial charge in [0.05, 0.1) is 0 Å².